The van der Waals surface area contributed by atoms with E-state index in [0.29, 0.717) is 30.4 Å². The van der Waals surface area contributed by atoms with Gasteiger partial charge in [-0.1, -0.05) is 24.3 Å². The fourth-order valence-electron chi connectivity index (χ4n) is 2.78. The molecular formula is C20H18N6O2. The molecule has 0 aliphatic carbocycles. The summed E-state index contributed by atoms with van der Waals surface area (Å²) in [5, 5.41) is 23.4. The third kappa shape index (κ3) is 3.52. The Labute approximate surface area is 161 Å². The molecule has 0 fully saturated rings. The van der Waals surface area contributed by atoms with Crippen LogP contribution in [0.4, 0.5) is 5.82 Å². The second-order valence-electron chi connectivity index (χ2n) is 5.96. The van der Waals surface area contributed by atoms with Crippen LogP contribution in [0.3, 0.4) is 0 Å². The Kier molecular flexibility index (Phi) is 4.92. The van der Waals surface area contributed by atoms with E-state index in [2.05, 4.69) is 25.3 Å². The summed E-state index contributed by atoms with van der Waals surface area (Å²) in [6.45, 7) is 2.67. The zero-order valence-corrected chi connectivity index (χ0v) is 15.2. The first-order valence-corrected chi connectivity index (χ1v) is 8.82. The summed E-state index contributed by atoms with van der Waals surface area (Å²) in [5.41, 5.74) is 2.44. The average Bonchev–Trinajstić information content (AvgIpc) is 3.16. The lowest BCUT2D eigenvalue weighted by atomic mass is 10.2. The molecular weight excluding hydrogens is 356 g/mol. The molecule has 28 heavy (non-hydrogen) atoms. The highest BCUT2D eigenvalue weighted by Crippen LogP contribution is 2.28. The normalized spacial score (nSPS) is 11.3. The van der Waals surface area contributed by atoms with E-state index in [4.69, 9.17) is 4.74 Å². The van der Waals surface area contributed by atoms with Gasteiger partial charge in [-0.15, -0.1) is 5.11 Å². The van der Waals surface area contributed by atoms with Gasteiger partial charge in [-0.25, -0.2) is 14.6 Å². The second kappa shape index (κ2) is 7.83. The summed E-state index contributed by atoms with van der Waals surface area (Å²) in [6, 6.07) is 14.9. The van der Waals surface area contributed by atoms with E-state index in [1.807, 2.05) is 37.3 Å². The molecule has 0 atom stereocenters. The maximum atomic E-state index is 9.78. The Morgan fingerprint density at radius 1 is 1.11 bits per heavy atom. The van der Waals surface area contributed by atoms with Crippen molar-refractivity contribution in [1.29, 1.82) is 0 Å². The third-order valence-electron chi connectivity index (χ3n) is 4.09. The number of nitrogens with zero attached hydrogens (tertiary/aromatic N) is 6. The fourth-order valence-corrected chi connectivity index (χ4v) is 2.78. The predicted octanol–water partition coefficient (Wildman–Crippen LogP) is 4.20. The molecule has 2 aromatic carbocycles. The number of ether oxygens (including phenoxy) is 1. The Morgan fingerprint density at radius 2 is 1.96 bits per heavy atom. The van der Waals surface area contributed by atoms with Gasteiger partial charge in [0.05, 0.1) is 30.4 Å². The molecule has 0 saturated heterocycles. The van der Waals surface area contributed by atoms with E-state index in [9.17, 15) is 5.11 Å². The molecule has 0 aliphatic heterocycles. The number of phenols is 1. The van der Waals surface area contributed by atoms with Crippen LogP contribution in [0.15, 0.2) is 71.3 Å². The van der Waals surface area contributed by atoms with Crippen LogP contribution in [0, 0.1) is 0 Å². The lowest BCUT2D eigenvalue weighted by molar-refractivity contribution is 0.318. The van der Waals surface area contributed by atoms with Crippen molar-refractivity contribution in [1.82, 2.24) is 19.7 Å². The van der Waals surface area contributed by atoms with Gasteiger partial charge in [-0.3, -0.25) is 0 Å². The molecule has 2 heterocycles. The maximum Gasteiger partial charge on any atom is 0.188 e. The van der Waals surface area contributed by atoms with Gasteiger partial charge >= 0.3 is 0 Å². The summed E-state index contributed by atoms with van der Waals surface area (Å²) in [4.78, 5) is 8.55. The van der Waals surface area contributed by atoms with Crippen molar-refractivity contribution in [2.24, 2.45) is 10.2 Å². The van der Waals surface area contributed by atoms with Gasteiger partial charge in [0.1, 0.15) is 6.33 Å². The number of azo groups is 1. The molecule has 4 aromatic rings. The quantitative estimate of drug-likeness (QED) is 0.510. The van der Waals surface area contributed by atoms with Gasteiger partial charge in [0.15, 0.2) is 23.0 Å². The number of rotatable bonds is 6. The molecule has 0 saturated carbocycles. The van der Waals surface area contributed by atoms with E-state index in [-0.39, 0.29) is 5.75 Å². The van der Waals surface area contributed by atoms with Crippen LogP contribution < -0.4 is 4.74 Å². The molecule has 8 heteroatoms. The largest absolute Gasteiger partial charge is 0.504 e. The predicted molar refractivity (Wildman–Crippen MR) is 104 cm³/mol. The lowest BCUT2D eigenvalue weighted by Crippen LogP contribution is -1.97. The van der Waals surface area contributed by atoms with Crippen molar-refractivity contribution in [2.45, 2.75) is 13.5 Å². The highest BCUT2D eigenvalue weighted by molar-refractivity contribution is 5.85. The standard InChI is InChI=1S/C20H18N6O2/c1-2-28-18-10-14(8-9-17(18)27)11-23-25-19-16-12-24-26(20(16)22-13-21-19)15-6-4-3-5-7-15/h3-10,12-13,27H,2,11H2,1H3. The van der Waals surface area contributed by atoms with Gasteiger partial charge in [-0.2, -0.15) is 10.2 Å². The molecule has 0 unspecified atom stereocenters. The SMILES string of the molecule is CCOc1cc(CN=Nc2ncnc3c2cnn3-c2ccccc2)ccc1O. The lowest BCUT2D eigenvalue weighted by Gasteiger charge is -2.06. The first-order chi connectivity index (χ1) is 13.8. The Balaban J connectivity index is 1.59. The van der Waals surface area contributed by atoms with Crippen molar-refractivity contribution in [3.05, 3.63) is 66.6 Å². The number of para-hydroxylation sites is 1. The van der Waals surface area contributed by atoms with Gasteiger partial charge in [-0.05, 0) is 36.8 Å². The van der Waals surface area contributed by atoms with Crippen LogP contribution in [0.25, 0.3) is 16.7 Å². The number of aromatic hydroxyl groups is 1. The van der Waals surface area contributed by atoms with E-state index < -0.39 is 0 Å². The van der Waals surface area contributed by atoms with Crippen molar-refractivity contribution < 1.29 is 9.84 Å². The zero-order valence-electron chi connectivity index (χ0n) is 15.2. The molecule has 0 amide bonds. The van der Waals surface area contributed by atoms with E-state index >= 15 is 0 Å². The minimum Gasteiger partial charge on any atom is -0.504 e. The summed E-state index contributed by atoms with van der Waals surface area (Å²) in [5.74, 6) is 0.994. The molecule has 4 rings (SSSR count). The Bertz CT molecular complexity index is 1120. The number of hydrogen-bond acceptors (Lipinski definition) is 7. The van der Waals surface area contributed by atoms with Crippen LogP contribution in [0.5, 0.6) is 11.5 Å². The van der Waals surface area contributed by atoms with Crippen LogP contribution >= 0.6 is 0 Å². The number of aromatic nitrogens is 4. The van der Waals surface area contributed by atoms with Crippen molar-refractivity contribution in [2.75, 3.05) is 6.61 Å². The van der Waals surface area contributed by atoms with Gasteiger partial charge < -0.3 is 9.84 Å². The smallest absolute Gasteiger partial charge is 0.188 e. The van der Waals surface area contributed by atoms with Crippen LogP contribution in [0.2, 0.25) is 0 Å². The van der Waals surface area contributed by atoms with Crippen LogP contribution in [-0.4, -0.2) is 31.5 Å². The molecule has 0 radical (unpaired) electrons. The first kappa shape index (κ1) is 17.6. The summed E-state index contributed by atoms with van der Waals surface area (Å²) in [7, 11) is 0. The van der Waals surface area contributed by atoms with E-state index in [1.54, 1.807) is 29.1 Å². The Morgan fingerprint density at radius 3 is 2.79 bits per heavy atom. The number of benzene rings is 2. The first-order valence-electron chi connectivity index (χ1n) is 8.82. The molecule has 0 spiro atoms. The second-order valence-corrected chi connectivity index (χ2v) is 5.96. The van der Waals surface area contributed by atoms with Crippen molar-refractivity contribution in [3.63, 3.8) is 0 Å². The topological polar surface area (TPSA) is 97.8 Å². The van der Waals surface area contributed by atoms with Crippen molar-refractivity contribution in [3.8, 4) is 17.2 Å². The van der Waals surface area contributed by atoms with Crippen molar-refractivity contribution >= 4 is 16.9 Å². The number of phenolic OH excluding ortho intramolecular Hbond substituents is 1. The molecule has 1 N–H and O–H groups in total. The molecule has 0 bridgehead atoms. The van der Waals surface area contributed by atoms with Gasteiger partial charge in [0, 0.05) is 0 Å². The zero-order chi connectivity index (χ0) is 19.3. The highest BCUT2D eigenvalue weighted by Gasteiger charge is 2.10. The van der Waals surface area contributed by atoms with Gasteiger partial charge in [0.25, 0.3) is 0 Å². The van der Waals surface area contributed by atoms with Gasteiger partial charge in [0.2, 0.25) is 0 Å². The summed E-state index contributed by atoms with van der Waals surface area (Å²) in [6.07, 6.45) is 3.13. The highest BCUT2D eigenvalue weighted by atomic mass is 16.5. The number of hydrogen-bond donors (Lipinski definition) is 1. The summed E-state index contributed by atoms with van der Waals surface area (Å²) < 4.78 is 7.13. The minimum absolute atomic E-state index is 0.105. The molecule has 2 aromatic heterocycles. The molecule has 8 nitrogen and oxygen atoms in total. The van der Waals surface area contributed by atoms with E-state index in [0.717, 1.165) is 16.6 Å². The minimum atomic E-state index is 0.105. The average molecular weight is 374 g/mol. The number of fused-ring (bicyclic) bond motifs is 1. The summed E-state index contributed by atoms with van der Waals surface area (Å²) >= 11 is 0. The van der Waals surface area contributed by atoms with Crippen LogP contribution in [0.1, 0.15) is 12.5 Å². The maximum absolute atomic E-state index is 9.78. The van der Waals surface area contributed by atoms with Crippen LogP contribution in [-0.2, 0) is 6.54 Å². The van der Waals surface area contributed by atoms with E-state index in [1.165, 1.54) is 6.33 Å². The fraction of sp³-hybridized carbons (Fsp3) is 0.150. The Hall–Kier alpha value is -3.81. The third-order valence-corrected chi connectivity index (χ3v) is 4.09. The molecule has 0 aliphatic rings. The monoisotopic (exact) mass is 374 g/mol. The molecule has 140 valence electrons.